The Morgan fingerprint density at radius 1 is 1.17 bits per heavy atom. The molecule has 1 N–H and O–H groups in total. The van der Waals surface area contributed by atoms with Gasteiger partial charge in [-0.3, -0.25) is 19.3 Å². The monoisotopic (exact) mass is 502 g/mol. The number of nitrogens with zero attached hydrogens (tertiary/aromatic N) is 2. The quantitative estimate of drug-likeness (QED) is 0.432. The highest BCUT2D eigenvalue weighted by Gasteiger charge is 2.47. The van der Waals surface area contributed by atoms with Gasteiger partial charge in [-0.25, -0.2) is 5.06 Å². The summed E-state index contributed by atoms with van der Waals surface area (Å²) in [7, 11) is 0. The molecule has 200 valence electrons. The SMILES string of the molecule is CCCON(CCC)C(=O)CN1C[C@H](c2ccc3c(c2)CCO3)[C@@H](C(=O)O)[C@@H]1CCC1CCCCO1. The van der Waals surface area contributed by atoms with Gasteiger partial charge in [0.15, 0.2) is 0 Å². The molecular formula is C28H42N2O6. The zero-order chi connectivity index (χ0) is 25.5. The lowest BCUT2D eigenvalue weighted by Gasteiger charge is -2.31. The normalized spacial score (nSPS) is 25.9. The average Bonchev–Trinajstić information content (AvgIpc) is 3.50. The number of likely N-dealkylation sites (tertiary alicyclic amines) is 1. The van der Waals surface area contributed by atoms with Gasteiger partial charge in [-0.05, 0) is 62.1 Å². The predicted octanol–water partition coefficient (Wildman–Crippen LogP) is 4.02. The first-order valence-corrected chi connectivity index (χ1v) is 13.8. The molecular weight excluding hydrogens is 460 g/mol. The van der Waals surface area contributed by atoms with Crippen molar-refractivity contribution in [3.8, 4) is 5.75 Å². The van der Waals surface area contributed by atoms with Crippen LogP contribution in [0.15, 0.2) is 18.2 Å². The summed E-state index contributed by atoms with van der Waals surface area (Å²) in [6, 6.07) is 5.85. The smallest absolute Gasteiger partial charge is 0.308 e. The number of aliphatic carboxylic acids is 1. The summed E-state index contributed by atoms with van der Waals surface area (Å²) in [6.45, 7) is 7.20. The molecule has 2 saturated heterocycles. The lowest BCUT2D eigenvalue weighted by Crippen LogP contribution is -2.44. The zero-order valence-electron chi connectivity index (χ0n) is 21.8. The van der Waals surface area contributed by atoms with Crippen molar-refractivity contribution in [1.82, 2.24) is 9.96 Å². The molecule has 8 nitrogen and oxygen atoms in total. The molecule has 3 aliphatic rings. The van der Waals surface area contributed by atoms with Crippen molar-refractivity contribution in [3.63, 3.8) is 0 Å². The number of rotatable bonds is 12. The van der Waals surface area contributed by atoms with Gasteiger partial charge in [0.1, 0.15) is 5.75 Å². The minimum absolute atomic E-state index is 0.101. The lowest BCUT2D eigenvalue weighted by molar-refractivity contribution is -0.188. The average molecular weight is 503 g/mol. The van der Waals surface area contributed by atoms with E-state index in [-0.39, 0.29) is 30.5 Å². The van der Waals surface area contributed by atoms with Crippen molar-refractivity contribution in [1.29, 1.82) is 0 Å². The Labute approximate surface area is 214 Å². The number of amides is 1. The Bertz CT molecular complexity index is 887. The molecule has 1 aromatic carbocycles. The number of carbonyl (C=O) groups excluding carboxylic acids is 1. The Morgan fingerprint density at radius 2 is 2.03 bits per heavy atom. The number of carboxylic acid groups (broad SMARTS) is 1. The molecule has 1 amide bonds. The van der Waals surface area contributed by atoms with E-state index in [0.717, 1.165) is 68.4 Å². The largest absolute Gasteiger partial charge is 0.493 e. The van der Waals surface area contributed by atoms with Gasteiger partial charge < -0.3 is 14.6 Å². The summed E-state index contributed by atoms with van der Waals surface area (Å²) in [5.74, 6) is -0.775. The van der Waals surface area contributed by atoms with E-state index in [0.29, 0.717) is 32.7 Å². The van der Waals surface area contributed by atoms with E-state index in [1.54, 1.807) is 0 Å². The fourth-order valence-electron chi connectivity index (χ4n) is 5.94. The van der Waals surface area contributed by atoms with Crippen LogP contribution in [-0.2, 0) is 25.6 Å². The second kappa shape index (κ2) is 12.9. The molecule has 0 radical (unpaired) electrons. The number of ether oxygens (including phenoxy) is 2. The van der Waals surface area contributed by atoms with Crippen LogP contribution in [0.2, 0.25) is 0 Å². The van der Waals surface area contributed by atoms with Crippen molar-refractivity contribution in [2.45, 2.75) is 83.3 Å². The molecule has 36 heavy (non-hydrogen) atoms. The van der Waals surface area contributed by atoms with Gasteiger partial charge in [0, 0.05) is 38.1 Å². The van der Waals surface area contributed by atoms with E-state index in [1.807, 2.05) is 26.0 Å². The molecule has 1 aromatic rings. The fourth-order valence-corrected chi connectivity index (χ4v) is 5.94. The molecule has 3 aliphatic heterocycles. The van der Waals surface area contributed by atoms with Gasteiger partial charge in [0.2, 0.25) is 0 Å². The van der Waals surface area contributed by atoms with E-state index in [2.05, 4.69) is 11.0 Å². The van der Waals surface area contributed by atoms with Crippen LogP contribution < -0.4 is 4.74 Å². The zero-order valence-corrected chi connectivity index (χ0v) is 21.8. The number of carbonyl (C=O) groups is 2. The second-order valence-corrected chi connectivity index (χ2v) is 10.3. The summed E-state index contributed by atoms with van der Waals surface area (Å²) >= 11 is 0. The molecule has 4 atom stereocenters. The minimum atomic E-state index is -0.797. The van der Waals surface area contributed by atoms with E-state index >= 15 is 0 Å². The van der Waals surface area contributed by atoms with E-state index < -0.39 is 11.9 Å². The molecule has 0 bridgehead atoms. The van der Waals surface area contributed by atoms with Crippen LogP contribution in [0.5, 0.6) is 5.75 Å². The molecule has 2 fully saturated rings. The van der Waals surface area contributed by atoms with Crippen LogP contribution in [0.4, 0.5) is 0 Å². The molecule has 0 aliphatic carbocycles. The molecule has 8 heteroatoms. The number of hydrogen-bond acceptors (Lipinski definition) is 6. The van der Waals surface area contributed by atoms with E-state index in [1.165, 1.54) is 5.06 Å². The number of hydroxylamine groups is 2. The Kier molecular flexibility index (Phi) is 9.62. The first kappa shape index (κ1) is 26.9. The van der Waals surface area contributed by atoms with Crippen LogP contribution in [0.1, 0.15) is 75.8 Å². The van der Waals surface area contributed by atoms with Gasteiger partial charge in [0.25, 0.3) is 5.91 Å². The van der Waals surface area contributed by atoms with E-state index in [9.17, 15) is 14.7 Å². The lowest BCUT2D eigenvalue weighted by atomic mass is 9.82. The molecule has 3 heterocycles. The van der Waals surface area contributed by atoms with Gasteiger partial charge in [-0.1, -0.05) is 26.0 Å². The number of hydrogen-bond donors (Lipinski definition) is 1. The fraction of sp³-hybridized carbons (Fsp3) is 0.714. The minimum Gasteiger partial charge on any atom is -0.493 e. The van der Waals surface area contributed by atoms with Crippen molar-refractivity contribution in [3.05, 3.63) is 29.3 Å². The standard InChI is InChI=1S/C28H42N2O6/c1-3-13-30(36-14-4-2)26(31)19-29-18-23(20-8-11-25-21(17-20)12-16-35-25)27(28(32)33)24(29)10-9-22-7-5-6-15-34-22/h8,11,17,22-24,27H,3-7,9-10,12-16,18-19H2,1-2H3,(H,32,33)/t22?,23-,24+,27-/m1/s1. The first-order chi connectivity index (χ1) is 17.5. The summed E-state index contributed by atoms with van der Waals surface area (Å²) in [5.41, 5.74) is 2.16. The highest BCUT2D eigenvalue weighted by molar-refractivity contribution is 5.78. The maximum absolute atomic E-state index is 13.3. The molecule has 1 unspecified atom stereocenters. The summed E-state index contributed by atoms with van der Waals surface area (Å²) in [5, 5.41) is 11.9. The number of benzene rings is 1. The Morgan fingerprint density at radius 3 is 2.75 bits per heavy atom. The van der Waals surface area contributed by atoms with Crippen LogP contribution in [0.25, 0.3) is 0 Å². The summed E-state index contributed by atoms with van der Waals surface area (Å²) in [6.07, 6.45) is 7.42. The van der Waals surface area contributed by atoms with Gasteiger partial charge in [-0.2, -0.15) is 0 Å². The number of fused-ring (bicyclic) bond motifs is 1. The molecule has 4 rings (SSSR count). The number of carboxylic acids is 1. The third-order valence-corrected chi connectivity index (χ3v) is 7.73. The van der Waals surface area contributed by atoms with Gasteiger partial charge in [-0.15, -0.1) is 0 Å². The van der Waals surface area contributed by atoms with Crippen LogP contribution in [0, 0.1) is 5.92 Å². The van der Waals surface area contributed by atoms with Crippen molar-refractivity contribution < 1.29 is 29.0 Å². The summed E-state index contributed by atoms with van der Waals surface area (Å²) < 4.78 is 11.6. The highest BCUT2D eigenvalue weighted by Crippen LogP contribution is 2.41. The molecule has 0 spiro atoms. The Hall–Kier alpha value is -2.16. The van der Waals surface area contributed by atoms with Crippen LogP contribution in [-0.4, -0.2) is 78.5 Å². The van der Waals surface area contributed by atoms with Crippen molar-refractivity contribution in [2.75, 3.05) is 39.5 Å². The van der Waals surface area contributed by atoms with Crippen LogP contribution in [0.3, 0.4) is 0 Å². The first-order valence-electron chi connectivity index (χ1n) is 13.8. The topological polar surface area (TPSA) is 88.5 Å². The maximum atomic E-state index is 13.3. The molecule has 0 saturated carbocycles. The van der Waals surface area contributed by atoms with Crippen LogP contribution >= 0.6 is 0 Å². The molecule has 0 aromatic heterocycles. The highest BCUT2D eigenvalue weighted by atomic mass is 16.7. The van der Waals surface area contributed by atoms with Crippen molar-refractivity contribution in [2.24, 2.45) is 5.92 Å². The third kappa shape index (κ3) is 6.39. The summed E-state index contributed by atoms with van der Waals surface area (Å²) in [4.78, 5) is 33.8. The Balaban J connectivity index is 1.56. The van der Waals surface area contributed by atoms with Crippen molar-refractivity contribution >= 4 is 11.9 Å². The van der Waals surface area contributed by atoms with E-state index in [4.69, 9.17) is 14.3 Å². The second-order valence-electron chi connectivity index (χ2n) is 10.3. The van der Waals surface area contributed by atoms with Gasteiger partial charge in [0.05, 0.1) is 31.8 Å². The maximum Gasteiger partial charge on any atom is 0.308 e. The van der Waals surface area contributed by atoms with Gasteiger partial charge >= 0.3 is 5.97 Å². The predicted molar refractivity (Wildman–Crippen MR) is 136 cm³/mol. The third-order valence-electron chi connectivity index (χ3n) is 7.73.